The molecule has 0 radical (unpaired) electrons. The van der Waals surface area contributed by atoms with Gasteiger partial charge < -0.3 is 24.8 Å². The molecule has 0 aliphatic carbocycles. The van der Waals surface area contributed by atoms with Crippen LogP contribution in [0, 0.1) is 0 Å². The summed E-state index contributed by atoms with van der Waals surface area (Å²) in [5.41, 5.74) is 1.38. The minimum Gasteiger partial charge on any atom is -0.492 e. The van der Waals surface area contributed by atoms with Crippen LogP contribution >= 0.6 is 24.0 Å². The van der Waals surface area contributed by atoms with Crippen LogP contribution in [0.3, 0.4) is 0 Å². The van der Waals surface area contributed by atoms with Gasteiger partial charge in [0.1, 0.15) is 12.4 Å². The van der Waals surface area contributed by atoms with E-state index in [0.717, 1.165) is 55.7 Å². The molecule has 0 spiro atoms. The Bertz CT molecular complexity index is 842. The molecule has 31 heavy (non-hydrogen) atoms. The Kier molecular flexibility index (Phi) is 9.08. The molecule has 1 saturated heterocycles. The van der Waals surface area contributed by atoms with Crippen molar-refractivity contribution in [3.05, 3.63) is 54.1 Å². The molecule has 2 N–H and O–H groups in total. The maximum absolute atomic E-state index is 5.80. The van der Waals surface area contributed by atoms with E-state index in [-0.39, 0.29) is 30.8 Å². The topological polar surface area (TPSA) is 67.4 Å². The molecule has 0 saturated carbocycles. The van der Waals surface area contributed by atoms with Crippen LogP contribution in [-0.4, -0.2) is 57.0 Å². The maximum Gasteiger partial charge on any atom is 0.231 e. The molecule has 0 aromatic heterocycles. The average Bonchev–Trinajstić information content (AvgIpc) is 3.26. The number of halogens is 1. The van der Waals surface area contributed by atoms with Crippen LogP contribution in [-0.2, 0) is 6.54 Å². The third-order valence-corrected chi connectivity index (χ3v) is 5.41. The summed E-state index contributed by atoms with van der Waals surface area (Å²) in [5, 5.41) is 6.88. The van der Waals surface area contributed by atoms with Gasteiger partial charge in [-0.25, -0.2) is 0 Å². The molecule has 7 nitrogen and oxygen atoms in total. The molecule has 0 atom stereocenters. The lowest BCUT2D eigenvalue weighted by molar-refractivity contribution is 0.173. The summed E-state index contributed by atoms with van der Waals surface area (Å²) < 4.78 is 16.5. The fourth-order valence-electron chi connectivity index (χ4n) is 3.77. The zero-order valence-electron chi connectivity index (χ0n) is 17.9. The molecule has 2 aromatic carbocycles. The monoisotopic (exact) mass is 538 g/mol. The van der Waals surface area contributed by atoms with Gasteiger partial charge in [-0.3, -0.25) is 9.89 Å². The fraction of sp³-hybridized carbons (Fsp3) is 0.435. The molecule has 0 bridgehead atoms. The summed E-state index contributed by atoms with van der Waals surface area (Å²) in [6.07, 6.45) is 2.22. The summed E-state index contributed by atoms with van der Waals surface area (Å²) >= 11 is 0. The number of benzene rings is 2. The summed E-state index contributed by atoms with van der Waals surface area (Å²) in [6.45, 7) is 4.69. The number of piperidine rings is 1. The van der Waals surface area contributed by atoms with Gasteiger partial charge in [-0.05, 0) is 30.5 Å². The van der Waals surface area contributed by atoms with Gasteiger partial charge in [0.05, 0.1) is 6.54 Å². The molecule has 4 rings (SSSR count). The molecule has 8 heteroatoms. The minimum absolute atomic E-state index is 0. The van der Waals surface area contributed by atoms with Gasteiger partial charge in [-0.1, -0.05) is 30.3 Å². The molecule has 2 heterocycles. The third kappa shape index (κ3) is 6.90. The first-order valence-electron chi connectivity index (χ1n) is 10.6. The van der Waals surface area contributed by atoms with E-state index in [4.69, 9.17) is 14.2 Å². The first-order chi connectivity index (χ1) is 14.8. The molecule has 2 aromatic rings. The molecule has 0 amide bonds. The summed E-state index contributed by atoms with van der Waals surface area (Å²) in [4.78, 5) is 6.87. The highest BCUT2D eigenvalue weighted by atomic mass is 127. The summed E-state index contributed by atoms with van der Waals surface area (Å²) in [7, 11) is 1.80. The SMILES string of the molecule is CN=C(NCCOc1ccc2c(c1)OCO2)NC1CCN(Cc2ccccc2)CC1.I. The number of aliphatic imine (C=N–C) groups is 1. The Balaban J connectivity index is 0.00000272. The Morgan fingerprint density at radius 1 is 1.10 bits per heavy atom. The van der Waals surface area contributed by atoms with Gasteiger partial charge in [-0.2, -0.15) is 0 Å². The fourth-order valence-corrected chi connectivity index (χ4v) is 3.77. The zero-order chi connectivity index (χ0) is 20.6. The molecular weight excluding hydrogens is 507 g/mol. The second-order valence-electron chi connectivity index (χ2n) is 7.54. The molecular formula is C23H31IN4O3. The number of guanidine groups is 1. The summed E-state index contributed by atoms with van der Waals surface area (Å²) in [6, 6.07) is 16.7. The van der Waals surface area contributed by atoms with Crippen molar-refractivity contribution in [2.24, 2.45) is 4.99 Å². The number of nitrogens with one attached hydrogen (secondary N) is 2. The van der Waals surface area contributed by atoms with Crippen molar-refractivity contribution in [2.75, 3.05) is 40.1 Å². The molecule has 2 aliphatic heterocycles. The normalized spacial score (nSPS) is 16.5. The van der Waals surface area contributed by atoms with Crippen LogP contribution < -0.4 is 24.8 Å². The van der Waals surface area contributed by atoms with E-state index in [1.807, 2.05) is 18.2 Å². The number of hydrogen-bond acceptors (Lipinski definition) is 5. The van der Waals surface area contributed by atoms with Gasteiger partial charge in [0.25, 0.3) is 0 Å². The van der Waals surface area contributed by atoms with Gasteiger partial charge in [-0.15, -0.1) is 24.0 Å². The van der Waals surface area contributed by atoms with Gasteiger partial charge >= 0.3 is 0 Å². The second-order valence-corrected chi connectivity index (χ2v) is 7.54. The lowest BCUT2D eigenvalue weighted by atomic mass is 10.0. The number of fused-ring (bicyclic) bond motifs is 1. The highest BCUT2D eigenvalue weighted by Gasteiger charge is 2.20. The Morgan fingerprint density at radius 2 is 1.87 bits per heavy atom. The average molecular weight is 538 g/mol. The highest BCUT2D eigenvalue weighted by Crippen LogP contribution is 2.34. The van der Waals surface area contributed by atoms with Crippen LogP contribution in [0.4, 0.5) is 0 Å². The van der Waals surface area contributed by atoms with Gasteiger partial charge in [0.15, 0.2) is 17.5 Å². The number of ether oxygens (including phenoxy) is 3. The maximum atomic E-state index is 5.80. The number of hydrogen-bond donors (Lipinski definition) is 2. The van der Waals surface area contributed by atoms with E-state index < -0.39 is 0 Å². The Labute approximate surface area is 201 Å². The second kappa shape index (κ2) is 12.0. The summed E-state index contributed by atoms with van der Waals surface area (Å²) in [5.74, 6) is 3.09. The van der Waals surface area contributed by atoms with E-state index in [2.05, 4.69) is 50.9 Å². The van der Waals surface area contributed by atoms with E-state index in [1.54, 1.807) is 7.05 Å². The zero-order valence-corrected chi connectivity index (χ0v) is 20.2. The number of likely N-dealkylation sites (tertiary alicyclic amines) is 1. The smallest absolute Gasteiger partial charge is 0.231 e. The standard InChI is InChI=1S/C23H30N4O3.HI/c1-24-23(25-11-14-28-20-7-8-21-22(15-20)30-17-29-21)26-19-9-12-27(13-10-19)16-18-5-3-2-4-6-18;/h2-8,15,19H,9-14,16-17H2,1H3,(H2,24,25,26);1H. The van der Waals surface area contributed by atoms with E-state index in [0.29, 0.717) is 19.2 Å². The lowest BCUT2D eigenvalue weighted by Crippen LogP contribution is -2.49. The Morgan fingerprint density at radius 3 is 2.65 bits per heavy atom. The number of rotatable bonds is 7. The minimum atomic E-state index is 0. The highest BCUT2D eigenvalue weighted by molar-refractivity contribution is 14.0. The Hall–Kier alpha value is -2.20. The van der Waals surface area contributed by atoms with E-state index >= 15 is 0 Å². The predicted octanol–water partition coefficient (Wildman–Crippen LogP) is 3.24. The molecule has 0 unspecified atom stereocenters. The van der Waals surface area contributed by atoms with E-state index in [9.17, 15) is 0 Å². The molecule has 1 fully saturated rings. The third-order valence-electron chi connectivity index (χ3n) is 5.41. The first kappa shape index (κ1) is 23.5. The van der Waals surface area contributed by atoms with E-state index in [1.165, 1.54) is 5.56 Å². The predicted molar refractivity (Wildman–Crippen MR) is 133 cm³/mol. The van der Waals surface area contributed by atoms with Crippen LogP contribution in [0.15, 0.2) is 53.5 Å². The van der Waals surface area contributed by atoms with Crippen molar-refractivity contribution in [3.8, 4) is 17.2 Å². The van der Waals surface area contributed by atoms with Crippen molar-refractivity contribution in [1.82, 2.24) is 15.5 Å². The van der Waals surface area contributed by atoms with Crippen molar-refractivity contribution < 1.29 is 14.2 Å². The van der Waals surface area contributed by atoms with Crippen LogP contribution in [0.2, 0.25) is 0 Å². The lowest BCUT2D eigenvalue weighted by Gasteiger charge is -2.33. The molecule has 168 valence electrons. The first-order valence-corrected chi connectivity index (χ1v) is 10.6. The number of nitrogens with zero attached hydrogens (tertiary/aromatic N) is 2. The van der Waals surface area contributed by atoms with Crippen molar-refractivity contribution in [3.63, 3.8) is 0 Å². The van der Waals surface area contributed by atoms with Gasteiger partial charge in [0, 0.05) is 38.8 Å². The van der Waals surface area contributed by atoms with Crippen molar-refractivity contribution >= 4 is 29.9 Å². The van der Waals surface area contributed by atoms with Gasteiger partial charge in [0.2, 0.25) is 6.79 Å². The largest absolute Gasteiger partial charge is 0.492 e. The van der Waals surface area contributed by atoms with Crippen LogP contribution in [0.5, 0.6) is 17.2 Å². The van der Waals surface area contributed by atoms with Crippen molar-refractivity contribution in [2.45, 2.75) is 25.4 Å². The van der Waals surface area contributed by atoms with Crippen LogP contribution in [0.25, 0.3) is 0 Å². The molecule has 2 aliphatic rings. The van der Waals surface area contributed by atoms with Crippen LogP contribution in [0.1, 0.15) is 18.4 Å². The quantitative estimate of drug-likeness (QED) is 0.244. The van der Waals surface area contributed by atoms with Crippen molar-refractivity contribution in [1.29, 1.82) is 0 Å².